The van der Waals surface area contributed by atoms with E-state index < -0.39 is 5.91 Å². The molecule has 0 spiro atoms. The lowest BCUT2D eigenvalue weighted by atomic mass is 10.1. The van der Waals surface area contributed by atoms with Gasteiger partial charge >= 0.3 is 0 Å². The molecule has 0 fully saturated rings. The Kier molecular flexibility index (Phi) is 2.90. The molecule has 1 amide bonds. The SMILES string of the molecule is CC(NC(=O)c1nonc1N)c1ccc2c(c1)OCO2. The van der Waals surface area contributed by atoms with Crippen molar-refractivity contribution in [1.82, 2.24) is 15.6 Å². The number of carbonyl (C=O) groups excluding carboxylic acids is 1. The summed E-state index contributed by atoms with van der Waals surface area (Å²) in [4.78, 5) is 11.9. The maximum absolute atomic E-state index is 11.9. The third-order valence-corrected chi connectivity index (χ3v) is 2.97. The van der Waals surface area contributed by atoms with Crippen LogP contribution in [-0.2, 0) is 0 Å². The minimum atomic E-state index is -0.450. The Morgan fingerprint density at radius 2 is 2.15 bits per heavy atom. The first-order chi connectivity index (χ1) is 9.65. The number of hydrogen-bond acceptors (Lipinski definition) is 7. The summed E-state index contributed by atoms with van der Waals surface area (Å²) in [6.07, 6.45) is 0. The van der Waals surface area contributed by atoms with Crippen LogP contribution in [0.5, 0.6) is 11.5 Å². The molecule has 20 heavy (non-hydrogen) atoms. The smallest absolute Gasteiger partial charge is 0.277 e. The van der Waals surface area contributed by atoms with E-state index in [1.807, 2.05) is 19.1 Å². The van der Waals surface area contributed by atoms with Gasteiger partial charge in [0.2, 0.25) is 18.3 Å². The zero-order valence-corrected chi connectivity index (χ0v) is 10.6. The first-order valence-electron chi connectivity index (χ1n) is 5.93. The third kappa shape index (κ3) is 2.11. The molecule has 0 aliphatic carbocycles. The van der Waals surface area contributed by atoms with Gasteiger partial charge < -0.3 is 20.5 Å². The molecule has 0 bridgehead atoms. The van der Waals surface area contributed by atoms with Crippen molar-refractivity contribution in [3.8, 4) is 11.5 Å². The molecule has 1 aliphatic rings. The number of aromatic nitrogens is 2. The van der Waals surface area contributed by atoms with Crippen LogP contribution in [0, 0.1) is 0 Å². The van der Waals surface area contributed by atoms with E-state index in [9.17, 15) is 4.79 Å². The minimum absolute atomic E-state index is 0.0300. The quantitative estimate of drug-likeness (QED) is 0.855. The van der Waals surface area contributed by atoms with Crippen molar-refractivity contribution in [1.29, 1.82) is 0 Å². The molecule has 0 saturated carbocycles. The Hall–Kier alpha value is -2.77. The molecule has 2 aromatic rings. The molecule has 8 nitrogen and oxygen atoms in total. The molecule has 8 heteroatoms. The molecule has 0 saturated heterocycles. The van der Waals surface area contributed by atoms with Gasteiger partial charge in [-0.15, -0.1) is 0 Å². The highest BCUT2D eigenvalue weighted by Crippen LogP contribution is 2.34. The van der Waals surface area contributed by atoms with E-state index in [2.05, 4.69) is 20.3 Å². The summed E-state index contributed by atoms with van der Waals surface area (Å²) in [5.74, 6) is 0.859. The predicted molar refractivity (Wildman–Crippen MR) is 67.2 cm³/mol. The van der Waals surface area contributed by atoms with Crippen molar-refractivity contribution in [2.24, 2.45) is 0 Å². The largest absolute Gasteiger partial charge is 0.454 e. The summed E-state index contributed by atoms with van der Waals surface area (Å²) in [7, 11) is 0. The molecule has 3 rings (SSSR count). The van der Waals surface area contributed by atoms with Crippen LogP contribution in [0.25, 0.3) is 0 Å². The minimum Gasteiger partial charge on any atom is -0.454 e. The summed E-state index contributed by atoms with van der Waals surface area (Å²) >= 11 is 0. The monoisotopic (exact) mass is 276 g/mol. The third-order valence-electron chi connectivity index (χ3n) is 2.97. The van der Waals surface area contributed by atoms with Crippen LogP contribution in [-0.4, -0.2) is 23.0 Å². The number of anilines is 1. The highest BCUT2D eigenvalue weighted by molar-refractivity contribution is 5.96. The molecule has 1 unspecified atom stereocenters. The van der Waals surface area contributed by atoms with Crippen molar-refractivity contribution in [2.75, 3.05) is 12.5 Å². The fourth-order valence-electron chi connectivity index (χ4n) is 1.88. The Morgan fingerprint density at radius 1 is 1.35 bits per heavy atom. The molecule has 104 valence electrons. The highest BCUT2D eigenvalue weighted by atomic mass is 16.7. The van der Waals surface area contributed by atoms with E-state index in [0.29, 0.717) is 11.5 Å². The van der Waals surface area contributed by atoms with Crippen LogP contribution in [0.2, 0.25) is 0 Å². The Morgan fingerprint density at radius 3 is 2.90 bits per heavy atom. The van der Waals surface area contributed by atoms with Crippen molar-refractivity contribution in [3.63, 3.8) is 0 Å². The molecular formula is C12H12N4O4. The topological polar surface area (TPSA) is 113 Å². The molecular weight excluding hydrogens is 264 g/mol. The molecule has 2 heterocycles. The van der Waals surface area contributed by atoms with E-state index >= 15 is 0 Å². The average molecular weight is 276 g/mol. The summed E-state index contributed by atoms with van der Waals surface area (Å²) in [6, 6.07) is 5.21. The van der Waals surface area contributed by atoms with E-state index in [1.54, 1.807) is 6.07 Å². The van der Waals surface area contributed by atoms with Crippen molar-refractivity contribution in [2.45, 2.75) is 13.0 Å². The summed E-state index contributed by atoms with van der Waals surface area (Å²) < 4.78 is 14.9. The number of benzene rings is 1. The molecule has 1 atom stereocenters. The van der Waals surface area contributed by atoms with Crippen LogP contribution in [0.15, 0.2) is 22.8 Å². The van der Waals surface area contributed by atoms with Gasteiger partial charge in [0, 0.05) is 0 Å². The van der Waals surface area contributed by atoms with Gasteiger partial charge in [-0.3, -0.25) is 4.79 Å². The van der Waals surface area contributed by atoms with Crippen LogP contribution in [0.1, 0.15) is 29.0 Å². The molecule has 1 aromatic carbocycles. The Balaban J connectivity index is 1.75. The second-order valence-electron chi connectivity index (χ2n) is 4.31. The van der Waals surface area contributed by atoms with Gasteiger partial charge in [-0.25, -0.2) is 4.63 Å². The number of nitrogen functional groups attached to an aromatic ring is 1. The van der Waals surface area contributed by atoms with E-state index in [4.69, 9.17) is 15.2 Å². The second-order valence-corrected chi connectivity index (χ2v) is 4.31. The number of ether oxygens (including phenoxy) is 2. The number of fused-ring (bicyclic) bond motifs is 1. The maximum atomic E-state index is 11.9. The molecule has 1 aromatic heterocycles. The molecule has 1 aliphatic heterocycles. The zero-order valence-electron chi connectivity index (χ0n) is 10.6. The van der Waals surface area contributed by atoms with Gasteiger partial charge in [-0.2, -0.15) is 0 Å². The first-order valence-corrected chi connectivity index (χ1v) is 5.93. The van der Waals surface area contributed by atoms with Crippen molar-refractivity contribution in [3.05, 3.63) is 29.5 Å². The number of nitrogens with two attached hydrogens (primary N) is 1. The molecule has 3 N–H and O–H groups in total. The number of nitrogens with zero attached hydrogens (tertiary/aromatic N) is 2. The first kappa shape index (κ1) is 12.3. The summed E-state index contributed by atoms with van der Waals surface area (Å²) in [6.45, 7) is 2.04. The zero-order chi connectivity index (χ0) is 14.1. The number of rotatable bonds is 3. The van der Waals surface area contributed by atoms with Gasteiger partial charge in [-0.05, 0) is 34.9 Å². The number of amides is 1. The van der Waals surface area contributed by atoms with Crippen LogP contribution >= 0.6 is 0 Å². The highest BCUT2D eigenvalue weighted by Gasteiger charge is 2.20. The second kappa shape index (κ2) is 4.72. The summed E-state index contributed by atoms with van der Waals surface area (Å²) in [5.41, 5.74) is 6.31. The van der Waals surface area contributed by atoms with Crippen LogP contribution < -0.4 is 20.5 Å². The summed E-state index contributed by atoms with van der Waals surface area (Å²) in [5, 5.41) is 9.56. The number of carbonyl (C=O) groups is 1. The van der Waals surface area contributed by atoms with E-state index in [0.717, 1.165) is 5.56 Å². The van der Waals surface area contributed by atoms with Crippen LogP contribution in [0.3, 0.4) is 0 Å². The Labute approximate surface area is 113 Å². The van der Waals surface area contributed by atoms with Gasteiger partial charge in [0.05, 0.1) is 6.04 Å². The lowest BCUT2D eigenvalue weighted by molar-refractivity contribution is 0.0930. The number of nitrogens with one attached hydrogen (secondary N) is 1. The molecule has 0 radical (unpaired) electrons. The normalized spacial score (nSPS) is 14.1. The van der Waals surface area contributed by atoms with Crippen molar-refractivity contribution < 1.29 is 18.9 Å². The standard InChI is InChI=1S/C12H12N4O4/c1-6(14-12(17)10-11(13)16-20-15-10)7-2-3-8-9(4-7)19-5-18-8/h2-4,6H,5H2,1H3,(H2,13,16)(H,14,17). The van der Waals surface area contributed by atoms with Gasteiger partial charge in [-0.1, -0.05) is 6.07 Å². The Bertz CT molecular complexity index is 655. The fourth-order valence-corrected chi connectivity index (χ4v) is 1.88. The average Bonchev–Trinajstić information content (AvgIpc) is 3.05. The van der Waals surface area contributed by atoms with Gasteiger partial charge in [0.15, 0.2) is 11.5 Å². The van der Waals surface area contributed by atoms with E-state index in [1.165, 1.54) is 0 Å². The lowest BCUT2D eigenvalue weighted by Crippen LogP contribution is -2.27. The van der Waals surface area contributed by atoms with Gasteiger partial charge in [0.1, 0.15) is 0 Å². The van der Waals surface area contributed by atoms with Gasteiger partial charge in [0.25, 0.3) is 5.91 Å². The lowest BCUT2D eigenvalue weighted by Gasteiger charge is -2.13. The maximum Gasteiger partial charge on any atom is 0.277 e. The van der Waals surface area contributed by atoms with Crippen molar-refractivity contribution >= 4 is 11.7 Å². The predicted octanol–water partition coefficient (Wildman–Crippen LogP) is 0.871. The van der Waals surface area contributed by atoms with Crippen LogP contribution in [0.4, 0.5) is 5.82 Å². The number of hydrogen-bond donors (Lipinski definition) is 2. The van der Waals surface area contributed by atoms with E-state index in [-0.39, 0.29) is 24.3 Å². The fraction of sp³-hybridized carbons (Fsp3) is 0.250.